The van der Waals surface area contributed by atoms with Gasteiger partial charge in [0.2, 0.25) is 0 Å². The smallest absolute Gasteiger partial charge is 0.283 e. The van der Waals surface area contributed by atoms with Gasteiger partial charge in [0.25, 0.3) is 5.91 Å². The molecule has 0 spiro atoms. The van der Waals surface area contributed by atoms with Crippen LogP contribution in [0.15, 0.2) is 29.3 Å². The number of aliphatic imine (C=N–C) groups is 1. The van der Waals surface area contributed by atoms with E-state index in [9.17, 15) is 9.90 Å². The maximum absolute atomic E-state index is 11.2. The van der Waals surface area contributed by atoms with Crippen LogP contribution in [0.3, 0.4) is 0 Å². The Kier molecular flexibility index (Phi) is 3.03. The number of ether oxygens (including phenoxy) is 1. The van der Waals surface area contributed by atoms with Crippen LogP contribution in [0.25, 0.3) is 0 Å². The zero-order valence-corrected chi connectivity index (χ0v) is 7.10. The summed E-state index contributed by atoms with van der Waals surface area (Å²) in [5.41, 5.74) is 0.163. The minimum atomic E-state index is -0.528. The number of benzene rings is 1. The lowest BCUT2D eigenvalue weighted by Gasteiger charge is -1.97. The van der Waals surface area contributed by atoms with Gasteiger partial charge in [-0.05, 0) is 12.1 Å². The second-order valence-electron chi connectivity index (χ2n) is 2.29. The van der Waals surface area contributed by atoms with Crippen molar-refractivity contribution in [3.63, 3.8) is 0 Å². The highest BCUT2D eigenvalue weighted by Gasteiger charge is 2.07. The lowest BCUT2D eigenvalue weighted by atomic mass is 10.2. The van der Waals surface area contributed by atoms with Gasteiger partial charge in [-0.25, -0.2) is 0 Å². The molecule has 0 saturated heterocycles. The first kappa shape index (κ1) is 9.25. The molecule has 13 heavy (non-hydrogen) atoms. The van der Waals surface area contributed by atoms with E-state index in [0.29, 0.717) is 0 Å². The van der Waals surface area contributed by atoms with Crippen molar-refractivity contribution in [2.24, 2.45) is 4.99 Å². The molecule has 1 aromatic carbocycles. The lowest BCUT2D eigenvalue weighted by Crippen LogP contribution is -1.96. The molecule has 0 atom stereocenters. The summed E-state index contributed by atoms with van der Waals surface area (Å²) in [4.78, 5) is 14.6. The van der Waals surface area contributed by atoms with Gasteiger partial charge in [-0.2, -0.15) is 4.99 Å². The molecule has 1 amide bonds. The number of methoxy groups -OCH3 is 1. The second kappa shape index (κ2) is 4.25. The van der Waals surface area contributed by atoms with E-state index in [1.165, 1.54) is 19.2 Å². The molecule has 68 valence electrons. The highest BCUT2D eigenvalue weighted by atomic mass is 16.5. The number of phenolic OH excluding ortho intramolecular Hbond substituents is 1. The largest absolute Gasteiger partial charge is 0.507 e. The Bertz CT molecular complexity index is 333. The number of aromatic hydroxyl groups is 1. The molecule has 0 radical (unpaired) electrons. The van der Waals surface area contributed by atoms with Gasteiger partial charge in [0, 0.05) is 0 Å². The first-order chi connectivity index (χ1) is 6.25. The molecule has 1 rings (SSSR count). The van der Waals surface area contributed by atoms with Crippen LogP contribution in [0.1, 0.15) is 10.4 Å². The Balaban J connectivity index is 2.89. The molecule has 0 heterocycles. The minimum absolute atomic E-state index is 0.0826. The zero-order valence-electron chi connectivity index (χ0n) is 7.10. The molecule has 0 saturated carbocycles. The van der Waals surface area contributed by atoms with Crippen LogP contribution in [-0.4, -0.2) is 24.5 Å². The first-order valence-corrected chi connectivity index (χ1v) is 3.63. The number of phenols is 1. The van der Waals surface area contributed by atoms with Gasteiger partial charge >= 0.3 is 0 Å². The highest BCUT2D eigenvalue weighted by Crippen LogP contribution is 2.15. The molecule has 0 aromatic heterocycles. The molecule has 4 heteroatoms. The Morgan fingerprint density at radius 3 is 2.85 bits per heavy atom. The summed E-state index contributed by atoms with van der Waals surface area (Å²) in [6.07, 6.45) is 1.02. The second-order valence-corrected chi connectivity index (χ2v) is 2.29. The monoisotopic (exact) mass is 179 g/mol. The van der Waals surface area contributed by atoms with E-state index in [1.807, 2.05) is 0 Å². The summed E-state index contributed by atoms with van der Waals surface area (Å²) in [5.74, 6) is -0.610. The molecule has 4 nitrogen and oxygen atoms in total. The molecule has 1 aromatic rings. The molecule has 0 fully saturated rings. The normalized spacial score (nSPS) is 10.2. The van der Waals surface area contributed by atoms with Crippen LogP contribution in [0, 0.1) is 0 Å². The van der Waals surface area contributed by atoms with E-state index in [1.54, 1.807) is 12.1 Å². The Hall–Kier alpha value is -1.84. The third-order valence-electron chi connectivity index (χ3n) is 1.41. The number of nitrogens with zero attached hydrogens (tertiary/aromatic N) is 1. The van der Waals surface area contributed by atoms with E-state index in [2.05, 4.69) is 9.73 Å². The summed E-state index contributed by atoms with van der Waals surface area (Å²) in [6.45, 7) is 0. The first-order valence-electron chi connectivity index (χ1n) is 3.63. The third kappa shape index (κ3) is 2.30. The predicted molar refractivity (Wildman–Crippen MR) is 47.9 cm³/mol. The summed E-state index contributed by atoms with van der Waals surface area (Å²) in [7, 11) is 1.39. The van der Waals surface area contributed by atoms with Crippen molar-refractivity contribution in [1.82, 2.24) is 0 Å². The Morgan fingerprint density at radius 1 is 1.54 bits per heavy atom. The van der Waals surface area contributed by atoms with Crippen LogP contribution in [0.4, 0.5) is 0 Å². The van der Waals surface area contributed by atoms with Crippen LogP contribution in [0.2, 0.25) is 0 Å². The fourth-order valence-electron chi connectivity index (χ4n) is 0.825. The van der Waals surface area contributed by atoms with Crippen LogP contribution >= 0.6 is 0 Å². The fourth-order valence-corrected chi connectivity index (χ4v) is 0.825. The van der Waals surface area contributed by atoms with Gasteiger partial charge in [0.05, 0.1) is 12.7 Å². The summed E-state index contributed by atoms with van der Waals surface area (Å²) in [6, 6.07) is 6.20. The number of hydrogen-bond acceptors (Lipinski definition) is 3. The van der Waals surface area contributed by atoms with Crippen molar-refractivity contribution >= 4 is 12.3 Å². The van der Waals surface area contributed by atoms with Crippen molar-refractivity contribution in [2.75, 3.05) is 7.11 Å². The number of amides is 1. The molecule has 0 aliphatic heterocycles. The van der Waals surface area contributed by atoms with Crippen molar-refractivity contribution < 1.29 is 14.6 Å². The predicted octanol–water partition coefficient (Wildman–Crippen LogP) is 1.21. The maximum atomic E-state index is 11.2. The molecule has 0 unspecified atom stereocenters. The SMILES string of the molecule is COC=NC(=O)c1ccccc1O. The number of para-hydroxylation sites is 1. The fraction of sp³-hybridized carbons (Fsp3) is 0.111. The Morgan fingerprint density at radius 2 is 2.23 bits per heavy atom. The Labute approximate surface area is 75.5 Å². The molecule has 0 bridgehead atoms. The molecular formula is C9H9NO3. The zero-order chi connectivity index (χ0) is 9.68. The third-order valence-corrected chi connectivity index (χ3v) is 1.41. The van der Waals surface area contributed by atoms with Crippen molar-refractivity contribution in [1.29, 1.82) is 0 Å². The van der Waals surface area contributed by atoms with E-state index in [-0.39, 0.29) is 11.3 Å². The summed E-state index contributed by atoms with van der Waals surface area (Å²) < 4.78 is 4.48. The van der Waals surface area contributed by atoms with E-state index >= 15 is 0 Å². The van der Waals surface area contributed by atoms with Crippen LogP contribution in [0.5, 0.6) is 5.75 Å². The van der Waals surface area contributed by atoms with Crippen molar-refractivity contribution in [3.8, 4) is 5.75 Å². The van der Waals surface area contributed by atoms with Gasteiger partial charge < -0.3 is 9.84 Å². The van der Waals surface area contributed by atoms with Gasteiger partial charge in [-0.15, -0.1) is 0 Å². The highest BCUT2D eigenvalue weighted by molar-refractivity contribution is 6.00. The van der Waals surface area contributed by atoms with E-state index in [0.717, 1.165) is 6.40 Å². The quantitative estimate of drug-likeness (QED) is 0.548. The summed E-state index contributed by atoms with van der Waals surface area (Å²) in [5, 5.41) is 9.24. The average molecular weight is 179 g/mol. The number of carbonyl (C=O) groups excluding carboxylic acids is 1. The number of carbonyl (C=O) groups is 1. The van der Waals surface area contributed by atoms with Gasteiger partial charge in [0.15, 0.2) is 6.40 Å². The van der Waals surface area contributed by atoms with Gasteiger partial charge in [-0.3, -0.25) is 4.79 Å². The maximum Gasteiger partial charge on any atom is 0.283 e. The molecule has 0 aliphatic rings. The average Bonchev–Trinajstić information content (AvgIpc) is 2.15. The van der Waals surface area contributed by atoms with E-state index in [4.69, 9.17) is 0 Å². The molecule has 1 N–H and O–H groups in total. The lowest BCUT2D eigenvalue weighted by molar-refractivity contribution is 0.0998. The van der Waals surface area contributed by atoms with Crippen molar-refractivity contribution in [3.05, 3.63) is 29.8 Å². The summed E-state index contributed by atoms with van der Waals surface area (Å²) >= 11 is 0. The van der Waals surface area contributed by atoms with Crippen molar-refractivity contribution in [2.45, 2.75) is 0 Å². The standard InChI is InChI=1S/C9H9NO3/c1-13-6-10-9(12)7-4-2-3-5-8(7)11/h2-6,11H,1H3. The minimum Gasteiger partial charge on any atom is -0.507 e. The van der Waals surface area contributed by atoms with E-state index < -0.39 is 5.91 Å². The van der Waals surface area contributed by atoms with Gasteiger partial charge in [-0.1, -0.05) is 12.1 Å². The number of rotatable bonds is 2. The molecule has 0 aliphatic carbocycles. The van der Waals surface area contributed by atoms with Crippen LogP contribution in [-0.2, 0) is 4.74 Å². The number of hydrogen-bond donors (Lipinski definition) is 1. The topological polar surface area (TPSA) is 58.9 Å². The van der Waals surface area contributed by atoms with Crippen LogP contribution < -0.4 is 0 Å². The molecular weight excluding hydrogens is 170 g/mol. The van der Waals surface area contributed by atoms with Gasteiger partial charge in [0.1, 0.15) is 5.75 Å².